The van der Waals surface area contributed by atoms with E-state index in [0.717, 1.165) is 10.6 Å². The first-order chi connectivity index (χ1) is 10.8. The van der Waals surface area contributed by atoms with Crippen LogP contribution in [0.2, 0.25) is 0 Å². The maximum atomic E-state index is 12.2. The van der Waals surface area contributed by atoms with Gasteiger partial charge >= 0.3 is 0 Å². The van der Waals surface area contributed by atoms with Crippen molar-refractivity contribution in [3.8, 4) is 10.6 Å². The summed E-state index contributed by atoms with van der Waals surface area (Å²) in [6, 6.07) is 9.00. The molecule has 0 aliphatic heterocycles. The Morgan fingerprint density at radius 2 is 2.14 bits per heavy atom. The molecule has 0 aliphatic carbocycles. The molecule has 0 aromatic carbocycles. The van der Waals surface area contributed by atoms with Crippen molar-refractivity contribution < 1.29 is 9.90 Å². The summed E-state index contributed by atoms with van der Waals surface area (Å²) in [7, 11) is 0. The fourth-order valence-electron chi connectivity index (χ4n) is 2.02. The van der Waals surface area contributed by atoms with Gasteiger partial charge in [0.05, 0.1) is 18.0 Å². The van der Waals surface area contributed by atoms with Crippen molar-refractivity contribution in [1.29, 1.82) is 0 Å². The van der Waals surface area contributed by atoms with Gasteiger partial charge in [-0.1, -0.05) is 6.07 Å². The van der Waals surface area contributed by atoms with E-state index < -0.39 is 0 Å². The maximum Gasteiger partial charge on any atom is 0.256 e. The molecule has 3 rings (SSSR count). The highest BCUT2D eigenvalue weighted by Crippen LogP contribution is 2.26. The van der Waals surface area contributed by atoms with E-state index in [1.807, 2.05) is 17.5 Å². The number of nitrogens with one attached hydrogen (secondary N) is 1. The van der Waals surface area contributed by atoms with Crippen LogP contribution in [0, 0.1) is 0 Å². The monoisotopic (exact) mass is 314 g/mol. The van der Waals surface area contributed by atoms with Crippen LogP contribution in [-0.4, -0.2) is 32.4 Å². The van der Waals surface area contributed by atoms with Gasteiger partial charge in [-0.2, -0.15) is 5.10 Å². The first kappa shape index (κ1) is 14.4. The van der Waals surface area contributed by atoms with E-state index in [1.54, 1.807) is 46.6 Å². The average molecular weight is 314 g/mol. The molecule has 0 fully saturated rings. The Morgan fingerprint density at radius 3 is 2.82 bits per heavy atom. The third kappa shape index (κ3) is 3.05. The molecule has 0 spiro atoms. The lowest BCUT2D eigenvalue weighted by molar-refractivity contribution is 0.102. The Labute approximate surface area is 131 Å². The van der Waals surface area contributed by atoms with Gasteiger partial charge in [-0.3, -0.25) is 9.78 Å². The Morgan fingerprint density at radius 1 is 1.32 bits per heavy atom. The van der Waals surface area contributed by atoms with Crippen LogP contribution in [0.4, 0.5) is 5.82 Å². The number of anilines is 1. The molecule has 3 aromatic heterocycles. The smallest absolute Gasteiger partial charge is 0.256 e. The third-order valence-electron chi connectivity index (χ3n) is 3.05. The Kier molecular flexibility index (Phi) is 4.27. The summed E-state index contributed by atoms with van der Waals surface area (Å²) < 4.78 is 1.59. The van der Waals surface area contributed by atoms with Gasteiger partial charge < -0.3 is 10.4 Å². The summed E-state index contributed by atoms with van der Waals surface area (Å²) in [6.45, 7) is 0.265. The second-order valence-electron chi connectivity index (χ2n) is 4.53. The normalized spacial score (nSPS) is 10.6. The van der Waals surface area contributed by atoms with Crippen molar-refractivity contribution in [3.63, 3.8) is 0 Å². The van der Waals surface area contributed by atoms with Gasteiger partial charge in [0.2, 0.25) is 0 Å². The van der Waals surface area contributed by atoms with E-state index in [1.165, 1.54) is 0 Å². The van der Waals surface area contributed by atoms with Gasteiger partial charge in [-0.25, -0.2) is 4.68 Å². The largest absolute Gasteiger partial charge is 0.394 e. The lowest BCUT2D eigenvalue weighted by Gasteiger charge is -2.07. The molecule has 0 saturated heterocycles. The summed E-state index contributed by atoms with van der Waals surface area (Å²) in [5.41, 5.74) is 1.29. The van der Waals surface area contributed by atoms with Crippen molar-refractivity contribution >= 4 is 23.1 Å². The van der Waals surface area contributed by atoms with Gasteiger partial charge in [0.15, 0.2) is 0 Å². The topological polar surface area (TPSA) is 80.0 Å². The number of aliphatic hydroxyl groups is 1. The predicted octanol–water partition coefficient (Wildman–Crippen LogP) is 2.25. The zero-order valence-electron chi connectivity index (χ0n) is 11.6. The molecule has 6 nitrogen and oxygen atoms in total. The molecule has 22 heavy (non-hydrogen) atoms. The van der Waals surface area contributed by atoms with Crippen LogP contribution in [0.25, 0.3) is 10.6 Å². The molecular weight excluding hydrogens is 300 g/mol. The predicted molar refractivity (Wildman–Crippen MR) is 84.8 cm³/mol. The van der Waals surface area contributed by atoms with Crippen LogP contribution in [0.15, 0.2) is 48.1 Å². The molecule has 0 aliphatic rings. The molecule has 3 heterocycles. The zero-order chi connectivity index (χ0) is 15.4. The van der Waals surface area contributed by atoms with Crippen molar-refractivity contribution in [3.05, 3.63) is 53.7 Å². The first-order valence-corrected chi connectivity index (χ1v) is 7.60. The van der Waals surface area contributed by atoms with E-state index in [2.05, 4.69) is 15.4 Å². The fourth-order valence-corrected chi connectivity index (χ4v) is 2.70. The van der Waals surface area contributed by atoms with Crippen molar-refractivity contribution in [1.82, 2.24) is 14.8 Å². The number of aliphatic hydroxyl groups excluding tert-OH is 1. The lowest BCUT2D eigenvalue weighted by atomic mass is 10.2. The highest BCUT2D eigenvalue weighted by atomic mass is 32.1. The number of amides is 1. The van der Waals surface area contributed by atoms with E-state index >= 15 is 0 Å². The molecule has 0 atom stereocenters. The SMILES string of the molecule is O=C(Nc1cc(-c2cccs2)nn1CCO)c1ccncc1. The number of carbonyl (C=O) groups excluding carboxylic acids is 1. The minimum absolute atomic E-state index is 0.0519. The number of carbonyl (C=O) groups is 1. The first-order valence-electron chi connectivity index (χ1n) is 6.72. The van der Waals surface area contributed by atoms with Crippen molar-refractivity contribution in [2.75, 3.05) is 11.9 Å². The van der Waals surface area contributed by atoms with E-state index in [0.29, 0.717) is 17.9 Å². The molecule has 0 radical (unpaired) electrons. The number of thiophene rings is 1. The summed E-state index contributed by atoms with van der Waals surface area (Å²) in [5, 5.41) is 18.4. The Bertz CT molecular complexity index is 753. The summed E-state index contributed by atoms with van der Waals surface area (Å²) in [5.74, 6) is 0.318. The Balaban J connectivity index is 1.87. The van der Waals surface area contributed by atoms with E-state index in [9.17, 15) is 4.79 Å². The minimum atomic E-state index is -0.237. The molecule has 0 bridgehead atoms. The molecule has 3 aromatic rings. The van der Waals surface area contributed by atoms with Gasteiger partial charge in [0.1, 0.15) is 11.5 Å². The second kappa shape index (κ2) is 6.50. The van der Waals surface area contributed by atoms with E-state index in [-0.39, 0.29) is 12.5 Å². The Hall–Kier alpha value is -2.51. The number of nitrogens with zero attached hydrogens (tertiary/aromatic N) is 3. The van der Waals surface area contributed by atoms with E-state index in [4.69, 9.17) is 5.11 Å². The van der Waals surface area contributed by atoms with Crippen LogP contribution >= 0.6 is 11.3 Å². The van der Waals surface area contributed by atoms with Crippen LogP contribution < -0.4 is 5.32 Å². The van der Waals surface area contributed by atoms with Gasteiger partial charge in [-0.05, 0) is 23.6 Å². The summed E-state index contributed by atoms with van der Waals surface area (Å²) >= 11 is 1.57. The standard InChI is InChI=1S/C15H14N4O2S/c20-8-7-19-14(10-12(18-19)13-2-1-9-22-13)17-15(21)11-3-5-16-6-4-11/h1-6,9-10,20H,7-8H2,(H,17,21). The quantitative estimate of drug-likeness (QED) is 0.757. The molecular formula is C15H14N4O2S. The lowest BCUT2D eigenvalue weighted by Crippen LogP contribution is -2.16. The molecule has 7 heteroatoms. The molecule has 0 saturated carbocycles. The van der Waals surface area contributed by atoms with Gasteiger partial charge in [0, 0.05) is 24.0 Å². The van der Waals surface area contributed by atoms with Gasteiger partial charge in [0.25, 0.3) is 5.91 Å². The fraction of sp³-hybridized carbons (Fsp3) is 0.133. The van der Waals surface area contributed by atoms with Crippen LogP contribution in [0.5, 0.6) is 0 Å². The van der Waals surface area contributed by atoms with Crippen LogP contribution in [0.1, 0.15) is 10.4 Å². The number of rotatable bonds is 5. The van der Waals surface area contributed by atoms with Gasteiger partial charge in [-0.15, -0.1) is 11.3 Å². The average Bonchev–Trinajstić information content (AvgIpc) is 3.19. The van der Waals surface area contributed by atoms with Crippen molar-refractivity contribution in [2.45, 2.75) is 6.54 Å². The number of hydrogen-bond acceptors (Lipinski definition) is 5. The highest BCUT2D eigenvalue weighted by molar-refractivity contribution is 7.13. The zero-order valence-corrected chi connectivity index (χ0v) is 12.5. The maximum absolute atomic E-state index is 12.2. The number of aromatic nitrogens is 3. The second-order valence-corrected chi connectivity index (χ2v) is 5.48. The van der Waals surface area contributed by atoms with Crippen LogP contribution in [0.3, 0.4) is 0 Å². The van der Waals surface area contributed by atoms with Crippen molar-refractivity contribution in [2.24, 2.45) is 0 Å². The number of hydrogen-bond donors (Lipinski definition) is 2. The molecule has 112 valence electrons. The summed E-state index contributed by atoms with van der Waals surface area (Å²) in [4.78, 5) is 17.1. The third-order valence-corrected chi connectivity index (χ3v) is 3.94. The summed E-state index contributed by atoms with van der Waals surface area (Å²) in [6.07, 6.45) is 3.13. The highest BCUT2D eigenvalue weighted by Gasteiger charge is 2.13. The van der Waals surface area contributed by atoms with Crippen LogP contribution in [-0.2, 0) is 6.54 Å². The minimum Gasteiger partial charge on any atom is -0.394 e. The molecule has 1 amide bonds. The number of pyridine rings is 1. The molecule has 0 unspecified atom stereocenters. The molecule has 2 N–H and O–H groups in total.